The summed E-state index contributed by atoms with van der Waals surface area (Å²) in [6, 6.07) is 0.840. The highest BCUT2D eigenvalue weighted by molar-refractivity contribution is 4.70. The Morgan fingerprint density at radius 3 is 1.06 bits per heavy atom. The van der Waals surface area contributed by atoms with Crippen molar-refractivity contribution in [3.8, 4) is 0 Å². The van der Waals surface area contributed by atoms with Crippen molar-refractivity contribution in [3.05, 3.63) is 0 Å². The highest BCUT2D eigenvalue weighted by Crippen LogP contribution is 2.18. The van der Waals surface area contributed by atoms with Crippen LogP contribution in [0.25, 0.3) is 0 Å². The fourth-order valence-corrected chi connectivity index (χ4v) is 5.41. The van der Waals surface area contributed by atoms with Crippen molar-refractivity contribution >= 4 is 0 Å². The Labute approximate surface area is 212 Å². The maximum atomic E-state index is 2.79. The van der Waals surface area contributed by atoms with E-state index in [2.05, 4.69) is 32.6 Å². The van der Waals surface area contributed by atoms with E-state index >= 15 is 0 Å². The Balaban J connectivity index is 3.36. The summed E-state index contributed by atoms with van der Waals surface area (Å²) in [5, 5.41) is 0. The molecule has 1 nitrogen and oxygen atoms in total. The van der Waals surface area contributed by atoms with Crippen LogP contribution < -0.4 is 0 Å². The first-order valence-electron chi connectivity index (χ1n) is 16.0. The first-order chi connectivity index (χ1) is 16.3. The van der Waals surface area contributed by atoms with Crippen LogP contribution in [0.5, 0.6) is 0 Å². The quantitative estimate of drug-likeness (QED) is 0.104. The van der Waals surface area contributed by atoms with Gasteiger partial charge in [0.2, 0.25) is 0 Å². The average molecular weight is 466 g/mol. The molecule has 33 heavy (non-hydrogen) atoms. The molecule has 0 amide bonds. The Kier molecular flexibility index (Phi) is 28.2. The number of hydrogen-bond donors (Lipinski definition) is 0. The molecule has 0 aliphatic heterocycles. The standard InChI is InChI=1S/C32H67N/c1-5-9-11-12-13-14-15-16-17-18-19-20-21-22-23-24-25-26-27-28-29-32(8-4)33(30-7-3)31-10-6-2/h32H,5-31H2,1-4H3. The summed E-state index contributed by atoms with van der Waals surface area (Å²) < 4.78 is 0. The summed E-state index contributed by atoms with van der Waals surface area (Å²) in [5.41, 5.74) is 0. The number of unbranched alkanes of at least 4 members (excludes halogenated alkanes) is 20. The second-order valence-electron chi connectivity index (χ2n) is 11.0. The van der Waals surface area contributed by atoms with E-state index in [0.717, 1.165) is 6.04 Å². The van der Waals surface area contributed by atoms with Crippen molar-refractivity contribution in [2.75, 3.05) is 13.1 Å². The molecular formula is C32H67N. The highest BCUT2D eigenvalue weighted by Gasteiger charge is 2.14. The van der Waals surface area contributed by atoms with Gasteiger partial charge in [-0.15, -0.1) is 0 Å². The maximum absolute atomic E-state index is 2.79. The van der Waals surface area contributed by atoms with Gasteiger partial charge in [0.1, 0.15) is 0 Å². The topological polar surface area (TPSA) is 3.24 Å². The molecule has 0 aliphatic rings. The first-order valence-corrected chi connectivity index (χ1v) is 16.0. The van der Waals surface area contributed by atoms with Gasteiger partial charge in [0.25, 0.3) is 0 Å². The zero-order valence-electron chi connectivity index (χ0n) is 24.1. The molecule has 1 heteroatoms. The normalized spacial score (nSPS) is 12.6. The lowest BCUT2D eigenvalue weighted by Crippen LogP contribution is -2.36. The van der Waals surface area contributed by atoms with E-state index in [9.17, 15) is 0 Å². The molecule has 0 aromatic heterocycles. The molecule has 0 rings (SSSR count). The lowest BCUT2D eigenvalue weighted by molar-refractivity contribution is 0.175. The van der Waals surface area contributed by atoms with Crippen LogP contribution >= 0.6 is 0 Å². The molecule has 1 atom stereocenters. The van der Waals surface area contributed by atoms with Gasteiger partial charge in [-0.05, 0) is 38.8 Å². The molecule has 0 aromatic carbocycles. The van der Waals surface area contributed by atoms with E-state index in [1.54, 1.807) is 0 Å². The van der Waals surface area contributed by atoms with Gasteiger partial charge < -0.3 is 4.90 Å². The molecule has 0 saturated carbocycles. The molecule has 0 radical (unpaired) electrons. The van der Waals surface area contributed by atoms with Gasteiger partial charge in [-0.25, -0.2) is 0 Å². The maximum Gasteiger partial charge on any atom is 0.00926 e. The largest absolute Gasteiger partial charge is 0.300 e. The zero-order valence-corrected chi connectivity index (χ0v) is 24.1. The number of nitrogens with zero attached hydrogens (tertiary/aromatic N) is 1. The molecule has 0 fully saturated rings. The SMILES string of the molecule is CCCCCCCCCCCCCCCCCCCCCCC(CC)N(CCC)CCCC. The van der Waals surface area contributed by atoms with Crippen molar-refractivity contribution in [1.82, 2.24) is 4.90 Å². The van der Waals surface area contributed by atoms with Crippen molar-refractivity contribution in [2.24, 2.45) is 0 Å². The van der Waals surface area contributed by atoms with Gasteiger partial charge >= 0.3 is 0 Å². The van der Waals surface area contributed by atoms with Crippen molar-refractivity contribution in [3.63, 3.8) is 0 Å². The summed E-state index contributed by atoms with van der Waals surface area (Å²) >= 11 is 0. The lowest BCUT2D eigenvalue weighted by atomic mass is 10.0. The predicted molar refractivity (Wildman–Crippen MR) is 153 cm³/mol. The molecule has 0 aliphatic carbocycles. The van der Waals surface area contributed by atoms with Crippen LogP contribution in [0, 0.1) is 0 Å². The van der Waals surface area contributed by atoms with E-state index in [1.165, 1.54) is 174 Å². The minimum Gasteiger partial charge on any atom is -0.300 e. The first kappa shape index (κ1) is 33.0. The minimum absolute atomic E-state index is 0.840. The molecule has 200 valence electrons. The molecule has 0 saturated heterocycles. The number of hydrogen-bond acceptors (Lipinski definition) is 1. The minimum atomic E-state index is 0.840. The second-order valence-corrected chi connectivity index (χ2v) is 11.0. The molecule has 0 spiro atoms. The van der Waals surface area contributed by atoms with E-state index in [4.69, 9.17) is 0 Å². The smallest absolute Gasteiger partial charge is 0.00926 e. The van der Waals surface area contributed by atoms with Gasteiger partial charge in [-0.1, -0.05) is 163 Å². The molecule has 1 unspecified atom stereocenters. The monoisotopic (exact) mass is 466 g/mol. The van der Waals surface area contributed by atoms with Gasteiger partial charge in [0.15, 0.2) is 0 Å². The van der Waals surface area contributed by atoms with Crippen molar-refractivity contribution < 1.29 is 0 Å². The van der Waals surface area contributed by atoms with Crippen LogP contribution in [0.2, 0.25) is 0 Å². The van der Waals surface area contributed by atoms with Crippen molar-refractivity contribution in [2.45, 2.75) is 194 Å². The molecule has 0 bridgehead atoms. The van der Waals surface area contributed by atoms with Crippen LogP contribution in [-0.4, -0.2) is 24.0 Å². The molecule has 0 aromatic rings. The van der Waals surface area contributed by atoms with Crippen LogP contribution in [0.4, 0.5) is 0 Å². The third kappa shape index (κ3) is 23.5. The summed E-state index contributed by atoms with van der Waals surface area (Å²) in [6.07, 6.45) is 36.2. The van der Waals surface area contributed by atoms with E-state index in [-0.39, 0.29) is 0 Å². The van der Waals surface area contributed by atoms with E-state index in [0.29, 0.717) is 0 Å². The lowest BCUT2D eigenvalue weighted by Gasteiger charge is -2.31. The van der Waals surface area contributed by atoms with E-state index in [1.807, 2.05) is 0 Å². The summed E-state index contributed by atoms with van der Waals surface area (Å²) in [7, 11) is 0. The Bertz CT molecular complexity index is 339. The van der Waals surface area contributed by atoms with Gasteiger partial charge in [-0.2, -0.15) is 0 Å². The average Bonchev–Trinajstić information content (AvgIpc) is 2.83. The molecular weight excluding hydrogens is 398 g/mol. The van der Waals surface area contributed by atoms with Crippen molar-refractivity contribution in [1.29, 1.82) is 0 Å². The van der Waals surface area contributed by atoms with Crippen LogP contribution in [-0.2, 0) is 0 Å². The summed E-state index contributed by atoms with van der Waals surface area (Å²) in [6.45, 7) is 12.0. The Hall–Kier alpha value is -0.0400. The Morgan fingerprint density at radius 2 is 0.727 bits per heavy atom. The van der Waals surface area contributed by atoms with E-state index < -0.39 is 0 Å². The van der Waals surface area contributed by atoms with Gasteiger partial charge in [0, 0.05) is 6.04 Å². The fraction of sp³-hybridized carbons (Fsp3) is 1.00. The predicted octanol–water partition coefficient (Wildman–Crippen LogP) is 11.5. The highest BCUT2D eigenvalue weighted by atomic mass is 15.1. The van der Waals surface area contributed by atoms with Crippen LogP contribution in [0.3, 0.4) is 0 Å². The summed E-state index contributed by atoms with van der Waals surface area (Å²) in [4.78, 5) is 2.79. The third-order valence-corrected chi connectivity index (χ3v) is 7.69. The zero-order chi connectivity index (χ0) is 24.2. The molecule has 0 N–H and O–H groups in total. The van der Waals surface area contributed by atoms with Crippen LogP contribution in [0.1, 0.15) is 188 Å². The van der Waals surface area contributed by atoms with Gasteiger partial charge in [0.05, 0.1) is 0 Å². The fourth-order valence-electron chi connectivity index (χ4n) is 5.41. The van der Waals surface area contributed by atoms with Crippen LogP contribution in [0.15, 0.2) is 0 Å². The van der Waals surface area contributed by atoms with Gasteiger partial charge in [-0.3, -0.25) is 0 Å². The number of rotatable bonds is 28. The molecule has 0 heterocycles. The third-order valence-electron chi connectivity index (χ3n) is 7.69. The second kappa shape index (κ2) is 28.2. The summed E-state index contributed by atoms with van der Waals surface area (Å²) in [5.74, 6) is 0. The Morgan fingerprint density at radius 1 is 0.364 bits per heavy atom.